The zero-order valence-electron chi connectivity index (χ0n) is 12.5. The molecule has 0 aliphatic carbocycles. The van der Waals surface area contributed by atoms with Gasteiger partial charge in [-0.25, -0.2) is 0 Å². The Bertz CT molecular complexity index is 573. The normalized spacial score (nSPS) is 9.52. The molecule has 21 heavy (non-hydrogen) atoms. The molecule has 0 aromatic carbocycles. The number of aliphatic hydroxyl groups is 1. The largest absolute Gasteiger partial charge is 0.384 e. The molecule has 6 heteroatoms. The van der Waals surface area contributed by atoms with Crippen LogP contribution in [-0.2, 0) is 4.79 Å². The van der Waals surface area contributed by atoms with Crippen LogP contribution in [0.2, 0.25) is 0 Å². The average Bonchev–Trinajstić information content (AvgIpc) is 2.49. The van der Waals surface area contributed by atoms with Crippen LogP contribution >= 0.6 is 0 Å². The van der Waals surface area contributed by atoms with E-state index < -0.39 is 0 Å². The highest BCUT2D eigenvalue weighted by Crippen LogP contribution is 2.06. The Morgan fingerprint density at radius 2 is 2.05 bits per heavy atom. The Balaban J connectivity index is 2.92. The first-order valence-corrected chi connectivity index (χ1v) is 6.53. The summed E-state index contributed by atoms with van der Waals surface area (Å²) in [5.41, 5.74) is 0.915. The van der Waals surface area contributed by atoms with Crippen LogP contribution in [0.25, 0.3) is 0 Å². The summed E-state index contributed by atoms with van der Waals surface area (Å²) in [6.45, 7) is 2.00. The molecule has 0 fully saturated rings. The number of likely N-dealkylation sites (N-methyl/N-ethyl adjacent to an activating group) is 2. The van der Waals surface area contributed by atoms with Crippen LogP contribution in [0.15, 0.2) is 18.5 Å². The first kappa shape index (κ1) is 16.7. The molecular formula is C15H19N3O3. The summed E-state index contributed by atoms with van der Waals surface area (Å²) in [6.07, 6.45) is 2.95. The molecule has 1 rings (SSSR count). The number of nitrogens with zero attached hydrogens (tertiary/aromatic N) is 3. The van der Waals surface area contributed by atoms with Crippen molar-refractivity contribution in [3.05, 3.63) is 29.6 Å². The van der Waals surface area contributed by atoms with Gasteiger partial charge in [-0.1, -0.05) is 11.8 Å². The zero-order chi connectivity index (χ0) is 15.8. The van der Waals surface area contributed by atoms with Crippen molar-refractivity contribution in [3.63, 3.8) is 0 Å². The van der Waals surface area contributed by atoms with E-state index in [0.29, 0.717) is 17.7 Å². The number of carbonyl (C=O) groups excluding carboxylic acids is 2. The lowest BCUT2D eigenvalue weighted by molar-refractivity contribution is -0.129. The van der Waals surface area contributed by atoms with E-state index >= 15 is 0 Å². The highest BCUT2D eigenvalue weighted by Gasteiger charge is 2.18. The van der Waals surface area contributed by atoms with E-state index in [1.807, 2.05) is 6.92 Å². The van der Waals surface area contributed by atoms with Crippen LogP contribution in [0, 0.1) is 11.8 Å². The maximum Gasteiger partial charge on any atom is 0.255 e. The van der Waals surface area contributed by atoms with Gasteiger partial charge in [0, 0.05) is 38.6 Å². The molecule has 1 aromatic rings. The molecule has 1 N–H and O–H groups in total. The SMILES string of the molecule is CCN(CC(=O)N(C)C)C(=O)c1cncc(C#CCO)c1. The van der Waals surface area contributed by atoms with Crippen molar-refractivity contribution in [1.82, 2.24) is 14.8 Å². The predicted molar refractivity (Wildman–Crippen MR) is 78.5 cm³/mol. The highest BCUT2D eigenvalue weighted by atomic mass is 16.2. The average molecular weight is 289 g/mol. The van der Waals surface area contributed by atoms with Crippen LogP contribution in [0.1, 0.15) is 22.8 Å². The van der Waals surface area contributed by atoms with Crippen molar-refractivity contribution in [2.24, 2.45) is 0 Å². The summed E-state index contributed by atoms with van der Waals surface area (Å²) < 4.78 is 0. The predicted octanol–water partition coefficient (Wildman–Crippen LogP) is -0.0243. The van der Waals surface area contributed by atoms with Gasteiger partial charge < -0.3 is 14.9 Å². The van der Waals surface area contributed by atoms with Gasteiger partial charge >= 0.3 is 0 Å². The van der Waals surface area contributed by atoms with Crippen LogP contribution in [-0.4, -0.2) is 65.5 Å². The smallest absolute Gasteiger partial charge is 0.255 e. The first-order chi connectivity index (χ1) is 9.99. The van der Waals surface area contributed by atoms with Crippen LogP contribution in [0.5, 0.6) is 0 Å². The molecule has 2 amide bonds. The van der Waals surface area contributed by atoms with Gasteiger partial charge in [0.15, 0.2) is 0 Å². The van der Waals surface area contributed by atoms with Crippen LogP contribution < -0.4 is 0 Å². The van der Waals surface area contributed by atoms with Crippen molar-refractivity contribution >= 4 is 11.8 Å². The standard InChI is InChI=1S/C15H19N3O3/c1-4-18(11-14(20)17(2)3)15(21)13-8-12(6-5-7-19)9-16-10-13/h8-10,19H,4,7,11H2,1-3H3. The maximum atomic E-state index is 12.4. The van der Waals surface area contributed by atoms with Gasteiger partial charge in [-0.2, -0.15) is 0 Å². The van der Waals surface area contributed by atoms with Crippen LogP contribution in [0.3, 0.4) is 0 Å². The lowest BCUT2D eigenvalue weighted by Crippen LogP contribution is -2.40. The van der Waals surface area contributed by atoms with Crippen molar-refractivity contribution in [1.29, 1.82) is 0 Å². The monoisotopic (exact) mass is 289 g/mol. The molecule has 0 aliphatic heterocycles. The lowest BCUT2D eigenvalue weighted by Gasteiger charge is -2.22. The van der Waals surface area contributed by atoms with Crippen molar-refractivity contribution in [2.75, 3.05) is 33.8 Å². The second-order valence-electron chi connectivity index (χ2n) is 4.53. The number of aromatic nitrogens is 1. The Kier molecular flexibility index (Phi) is 6.37. The van der Waals surface area contributed by atoms with Crippen molar-refractivity contribution < 1.29 is 14.7 Å². The third-order valence-electron chi connectivity index (χ3n) is 2.79. The molecule has 112 valence electrons. The summed E-state index contributed by atoms with van der Waals surface area (Å²) in [7, 11) is 3.29. The first-order valence-electron chi connectivity index (χ1n) is 6.53. The summed E-state index contributed by atoms with van der Waals surface area (Å²) in [5, 5.41) is 8.67. The quantitative estimate of drug-likeness (QED) is 0.790. The Hall–Kier alpha value is -2.39. The van der Waals surface area contributed by atoms with E-state index in [1.165, 1.54) is 22.2 Å². The summed E-state index contributed by atoms with van der Waals surface area (Å²) in [4.78, 5) is 31.0. The number of hydrogen-bond donors (Lipinski definition) is 1. The topological polar surface area (TPSA) is 73.7 Å². The van der Waals surface area contributed by atoms with E-state index in [0.717, 1.165) is 0 Å². The molecule has 0 atom stereocenters. The number of hydrogen-bond acceptors (Lipinski definition) is 4. The number of carbonyl (C=O) groups is 2. The molecule has 0 radical (unpaired) electrons. The number of rotatable bonds is 4. The minimum Gasteiger partial charge on any atom is -0.384 e. The Morgan fingerprint density at radius 1 is 1.33 bits per heavy atom. The number of aliphatic hydroxyl groups excluding tert-OH is 1. The van der Waals surface area contributed by atoms with Gasteiger partial charge in [-0.3, -0.25) is 14.6 Å². The highest BCUT2D eigenvalue weighted by molar-refractivity contribution is 5.96. The van der Waals surface area contributed by atoms with Crippen LogP contribution in [0.4, 0.5) is 0 Å². The molecule has 0 bridgehead atoms. The molecule has 1 heterocycles. The molecule has 0 saturated heterocycles. The Labute approximate surface area is 124 Å². The molecule has 0 unspecified atom stereocenters. The Morgan fingerprint density at radius 3 is 2.62 bits per heavy atom. The van der Waals surface area contributed by atoms with E-state index in [1.54, 1.807) is 20.2 Å². The van der Waals surface area contributed by atoms with Gasteiger partial charge in [0.05, 0.1) is 12.1 Å². The van der Waals surface area contributed by atoms with E-state index in [-0.39, 0.29) is 25.0 Å². The van der Waals surface area contributed by atoms with E-state index in [2.05, 4.69) is 16.8 Å². The van der Waals surface area contributed by atoms with Gasteiger partial charge in [0.25, 0.3) is 5.91 Å². The fourth-order valence-corrected chi connectivity index (χ4v) is 1.58. The fourth-order valence-electron chi connectivity index (χ4n) is 1.58. The maximum absolute atomic E-state index is 12.4. The molecule has 0 aliphatic rings. The van der Waals surface area contributed by atoms with Gasteiger partial charge in [0.2, 0.25) is 5.91 Å². The number of pyridine rings is 1. The number of amides is 2. The third-order valence-corrected chi connectivity index (χ3v) is 2.79. The minimum absolute atomic E-state index is 0.0227. The molecule has 0 saturated carbocycles. The third kappa shape index (κ3) is 4.89. The van der Waals surface area contributed by atoms with Crippen molar-refractivity contribution in [2.45, 2.75) is 6.92 Å². The molecule has 0 spiro atoms. The molecular weight excluding hydrogens is 270 g/mol. The van der Waals surface area contributed by atoms with Gasteiger partial charge in [-0.15, -0.1) is 0 Å². The minimum atomic E-state index is -0.271. The molecule has 1 aromatic heterocycles. The summed E-state index contributed by atoms with van der Waals surface area (Å²) in [6, 6.07) is 1.60. The van der Waals surface area contributed by atoms with Gasteiger partial charge in [-0.05, 0) is 13.0 Å². The lowest BCUT2D eigenvalue weighted by atomic mass is 10.2. The second kappa shape index (κ2) is 8.02. The summed E-state index contributed by atoms with van der Waals surface area (Å²) >= 11 is 0. The van der Waals surface area contributed by atoms with Crippen molar-refractivity contribution in [3.8, 4) is 11.8 Å². The summed E-state index contributed by atoms with van der Waals surface area (Å²) in [5.74, 6) is 4.78. The van der Waals surface area contributed by atoms with Gasteiger partial charge in [0.1, 0.15) is 6.61 Å². The van der Waals surface area contributed by atoms with E-state index in [9.17, 15) is 9.59 Å². The zero-order valence-corrected chi connectivity index (χ0v) is 12.5. The fraction of sp³-hybridized carbons (Fsp3) is 0.400. The molecule has 6 nitrogen and oxygen atoms in total. The second-order valence-corrected chi connectivity index (χ2v) is 4.53. The van der Waals surface area contributed by atoms with E-state index in [4.69, 9.17) is 5.11 Å².